The third kappa shape index (κ3) is 3.06. The molecule has 3 heterocycles. The van der Waals surface area contributed by atoms with E-state index in [2.05, 4.69) is 32.2 Å². The summed E-state index contributed by atoms with van der Waals surface area (Å²) in [6, 6.07) is 5.82. The summed E-state index contributed by atoms with van der Waals surface area (Å²) >= 11 is 0. The molecule has 4 nitrogen and oxygen atoms in total. The first-order valence-electron chi connectivity index (χ1n) is 8.56. The van der Waals surface area contributed by atoms with Gasteiger partial charge in [-0.1, -0.05) is 6.07 Å². The first-order valence-corrected chi connectivity index (χ1v) is 8.56. The van der Waals surface area contributed by atoms with Crippen LogP contribution in [0.15, 0.2) is 18.3 Å². The second-order valence-corrected chi connectivity index (χ2v) is 6.77. The number of hydrogen-bond acceptors (Lipinski definition) is 4. The van der Waals surface area contributed by atoms with Crippen LogP contribution in [0.4, 0.5) is 5.82 Å². The van der Waals surface area contributed by atoms with Crippen LogP contribution < -0.4 is 10.2 Å². The van der Waals surface area contributed by atoms with Crippen LogP contribution in [0.1, 0.15) is 37.7 Å². The van der Waals surface area contributed by atoms with Crippen molar-refractivity contribution in [2.24, 2.45) is 0 Å². The van der Waals surface area contributed by atoms with Crippen LogP contribution in [0.25, 0.3) is 0 Å². The highest BCUT2D eigenvalue weighted by Crippen LogP contribution is 2.27. The van der Waals surface area contributed by atoms with Gasteiger partial charge in [0.2, 0.25) is 0 Å². The zero-order valence-corrected chi connectivity index (χ0v) is 12.8. The van der Waals surface area contributed by atoms with Gasteiger partial charge >= 0.3 is 0 Å². The summed E-state index contributed by atoms with van der Waals surface area (Å²) in [5.74, 6) is 1.22. The lowest BCUT2D eigenvalue weighted by molar-refractivity contribution is 0.260. The maximum Gasteiger partial charge on any atom is 0.133 e. The topological polar surface area (TPSA) is 31.4 Å². The van der Waals surface area contributed by atoms with E-state index in [1.165, 1.54) is 56.6 Å². The van der Waals surface area contributed by atoms with Crippen molar-refractivity contribution in [2.45, 2.75) is 50.7 Å². The van der Waals surface area contributed by atoms with E-state index in [0.29, 0.717) is 0 Å². The van der Waals surface area contributed by atoms with Crippen LogP contribution in [-0.2, 0) is 6.54 Å². The van der Waals surface area contributed by atoms with Crippen LogP contribution in [0.3, 0.4) is 0 Å². The molecule has 0 spiro atoms. The molecule has 1 aromatic rings. The Bertz CT molecular complexity index is 479. The summed E-state index contributed by atoms with van der Waals surface area (Å²) in [5.41, 5.74) is 1.37. The lowest BCUT2D eigenvalue weighted by Gasteiger charge is -2.25. The van der Waals surface area contributed by atoms with Gasteiger partial charge in [-0.15, -0.1) is 0 Å². The third-order valence-electron chi connectivity index (χ3n) is 5.15. The normalized spacial score (nSPS) is 26.7. The number of aromatic nitrogens is 1. The molecule has 0 aromatic carbocycles. The molecule has 1 aromatic heterocycles. The summed E-state index contributed by atoms with van der Waals surface area (Å²) in [5, 5.41) is 3.63. The Morgan fingerprint density at radius 2 is 2.00 bits per heavy atom. The quantitative estimate of drug-likeness (QED) is 0.897. The fourth-order valence-electron chi connectivity index (χ4n) is 3.73. The number of pyridine rings is 1. The summed E-state index contributed by atoms with van der Waals surface area (Å²) in [4.78, 5) is 9.88. The van der Waals surface area contributed by atoms with Gasteiger partial charge < -0.3 is 10.2 Å². The molecule has 1 N–H and O–H groups in total. The summed E-state index contributed by atoms with van der Waals surface area (Å²) in [6.45, 7) is 5.90. The third-order valence-corrected chi connectivity index (χ3v) is 5.15. The van der Waals surface area contributed by atoms with Crippen molar-refractivity contribution in [1.82, 2.24) is 15.2 Å². The largest absolute Gasteiger partial charge is 0.355 e. The van der Waals surface area contributed by atoms with E-state index in [-0.39, 0.29) is 0 Å². The Kier molecular flexibility index (Phi) is 3.82. The Balaban J connectivity index is 1.43. The Morgan fingerprint density at radius 1 is 1.14 bits per heavy atom. The first kappa shape index (κ1) is 13.5. The molecule has 0 radical (unpaired) electrons. The van der Waals surface area contributed by atoms with E-state index in [1.807, 2.05) is 6.20 Å². The van der Waals surface area contributed by atoms with E-state index in [9.17, 15) is 0 Å². The predicted molar refractivity (Wildman–Crippen MR) is 85.5 cm³/mol. The molecular formula is C17H26N4. The molecule has 1 unspecified atom stereocenters. The van der Waals surface area contributed by atoms with Gasteiger partial charge in [0, 0.05) is 43.5 Å². The summed E-state index contributed by atoms with van der Waals surface area (Å²) in [6.07, 6.45) is 8.70. The number of nitrogens with zero attached hydrogens (tertiary/aromatic N) is 3. The van der Waals surface area contributed by atoms with Crippen molar-refractivity contribution < 1.29 is 0 Å². The maximum atomic E-state index is 4.69. The van der Waals surface area contributed by atoms with Gasteiger partial charge in [-0.05, 0) is 51.3 Å². The van der Waals surface area contributed by atoms with Gasteiger partial charge in [0.05, 0.1) is 0 Å². The van der Waals surface area contributed by atoms with Crippen molar-refractivity contribution in [2.75, 3.05) is 31.1 Å². The van der Waals surface area contributed by atoms with Gasteiger partial charge in [-0.2, -0.15) is 0 Å². The van der Waals surface area contributed by atoms with Crippen LogP contribution in [0, 0.1) is 0 Å². The molecule has 3 fully saturated rings. The molecule has 2 aliphatic heterocycles. The van der Waals surface area contributed by atoms with Crippen LogP contribution in [0.2, 0.25) is 0 Å². The molecule has 3 aliphatic rings. The number of likely N-dealkylation sites (tertiary alicyclic amines) is 1. The molecular weight excluding hydrogens is 260 g/mol. The average Bonchev–Trinajstić information content (AvgIpc) is 3.01. The van der Waals surface area contributed by atoms with E-state index in [0.717, 1.165) is 31.7 Å². The summed E-state index contributed by atoms with van der Waals surface area (Å²) < 4.78 is 0. The molecule has 1 atom stereocenters. The second-order valence-electron chi connectivity index (χ2n) is 6.77. The van der Waals surface area contributed by atoms with Gasteiger partial charge in [0.25, 0.3) is 0 Å². The summed E-state index contributed by atoms with van der Waals surface area (Å²) in [7, 11) is 0. The second kappa shape index (κ2) is 5.93. The molecule has 21 heavy (non-hydrogen) atoms. The average molecular weight is 286 g/mol. The van der Waals surface area contributed by atoms with Gasteiger partial charge in [0.15, 0.2) is 0 Å². The fourth-order valence-corrected chi connectivity index (χ4v) is 3.73. The van der Waals surface area contributed by atoms with E-state index in [1.54, 1.807) is 0 Å². The number of rotatable bonds is 5. The highest BCUT2D eigenvalue weighted by molar-refractivity contribution is 5.48. The fraction of sp³-hybridized carbons (Fsp3) is 0.706. The van der Waals surface area contributed by atoms with Gasteiger partial charge in [-0.3, -0.25) is 4.90 Å². The smallest absolute Gasteiger partial charge is 0.133 e. The minimum absolute atomic E-state index is 0.749. The predicted octanol–water partition coefficient (Wildman–Crippen LogP) is 2.01. The minimum atomic E-state index is 0.749. The zero-order chi connectivity index (χ0) is 14.1. The SMILES string of the molecule is c1cnc(N2CCC(N3CCCC3)C2)c(CNC2CC2)c1. The minimum Gasteiger partial charge on any atom is -0.355 e. The van der Waals surface area contributed by atoms with Gasteiger partial charge in [-0.25, -0.2) is 4.98 Å². The standard InChI is InChI=1S/C17H26N4/c1-2-10-20(9-1)16-7-11-21(13-16)17-14(4-3-8-18-17)12-19-15-5-6-15/h3-4,8,15-16,19H,1-2,5-7,9-13H2. The van der Waals surface area contributed by atoms with E-state index >= 15 is 0 Å². The molecule has 4 rings (SSSR count). The van der Waals surface area contributed by atoms with Crippen LogP contribution in [-0.4, -0.2) is 48.1 Å². The van der Waals surface area contributed by atoms with Crippen molar-refractivity contribution in [3.63, 3.8) is 0 Å². The van der Waals surface area contributed by atoms with Gasteiger partial charge in [0.1, 0.15) is 5.82 Å². The van der Waals surface area contributed by atoms with Crippen LogP contribution in [0.5, 0.6) is 0 Å². The first-order chi connectivity index (χ1) is 10.4. The molecule has 4 heteroatoms. The highest BCUT2D eigenvalue weighted by atomic mass is 15.3. The zero-order valence-electron chi connectivity index (χ0n) is 12.8. The van der Waals surface area contributed by atoms with Crippen LogP contribution >= 0.6 is 0 Å². The van der Waals surface area contributed by atoms with E-state index in [4.69, 9.17) is 0 Å². The molecule has 1 aliphatic carbocycles. The van der Waals surface area contributed by atoms with Crippen molar-refractivity contribution in [1.29, 1.82) is 0 Å². The van der Waals surface area contributed by atoms with Crippen molar-refractivity contribution in [3.8, 4) is 0 Å². The van der Waals surface area contributed by atoms with E-state index < -0.39 is 0 Å². The molecule has 0 amide bonds. The lowest BCUT2D eigenvalue weighted by Crippen LogP contribution is -2.35. The maximum absolute atomic E-state index is 4.69. The highest BCUT2D eigenvalue weighted by Gasteiger charge is 2.30. The van der Waals surface area contributed by atoms with Crippen molar-refractivity contribution in [3.05, 3.63) is 23.9 Å². The Morgan fingerprint density at radius 3 is 2.81 bits per heavy atom. The van der Waals surface area contributed by atoms with Crippen molar-refractivity contribution >= 4 is 5.82 Å². The molecule has 0 bridgehead atoms. The number of hydrogen-bond donors (Lipinski definition) is 1. The molecule has 114 valence electrons. The molecule has 1 saturated carbocycles. The molecule has 2 saturated heterocycles. The lowest BCUT2D eigenvalue weighted by atomic mass is 10.2. The Hall–Kier alpha value is -1.13. The monoisotopic (exact) mass is 286 g/mol. The number of anilines is 1. The number of nitrogens with one attached hydrogen (secondary N) is 1. The Labute approximate surface area is 127 Å².